The van der Waals surface area contributed by atoms with E-state index in [1.165, 1.54) is 19.2 Å². The largest absolute Gasteiger partial charge is 0.497 e. The Morgan fingerprint density at radius 1 is 1.38 bits per heavy atom. The highest BCUT2D eigenvalue weighted by Crippen LogP contribution is 2.17. The molecule has 0 saturated carbocycles. The molecule has 0 bridgehead atoms. The first-order chi connectivity index (χ1) is 6.24. The normalized spacial score (nSPS) is 8.23. The van der Waals surface area contributed by atoms with E-state index < -0.39 is 4.92 Å². The first-order valence-corrected chi connectivity index (χ1v) is 4.02. The lowest BCUT2D eigenvalue weighted by molar-refractivity contribution is -0.384. The topological polar surface area (TPSA) is 52.4 Å². The number of benzene rings is 1. The molecule has 0 fully saturated rings. The Bertz CT molecular complexity index is 273. The fraction of sp³-hybridized carbons (Fsp3) is 0.333. The minimum absolute atomic E-state index is 0.0457. The summed E-state index contributed by atoms with van der Waals surface area (Å²) < 4.78 is 4.80. The Morgan fingerprint density at radius 2 is 2.00 bits per heavy atom. The predicted molar refractivity (Wildman–Crippen MR) is 51.0 cm³/mol. The van der Waals surface area contributed by atoms with Crippen molar-refractivity contribution in [1.29, 1.82) is 0 Å². The highest BCUT2D eigenvalue weighted by atomic mass is 16.6. The Hall–Kier alpha value is -1.58. The van der Waals surface area contributed by atoms with Gasteiger partial charge in [0.1, 0.15) is 5.75 Å². The number of nitro groups is 1. The standard InChI is InChI=1S/C7H7NO3.C2H6/c1-11-7-4-2-3-6(5-7)8(9)10;1-2/h2-5H,1H3;1-2H3. The smallest absolute Gasteiger partial charge is 0.273 e. The molecule has 1 aromatic carbocycles. The van der Waals surface area contributed by atoms with Gasteiger partial charge in [-0.25, -0.2) is 0 Å². The molecule has 1 rings (SSSR count). The molecule has 0 amide bonds. The number of hydrogen-bond acceptors (Lipinski definition) is 3. The van der Waals surface area contributed by atoms with Gasteiger partial charge in [-0.05, 0) is 6.07 Å². The number of rotatable bonds is 2. The van der Waals surface area contributed by atoms with Crippen LogP contribution in [0.25, 0.3) is 0 Å². The molecule has 13 heavy (non-hydrogen) atoms. The molecule has 0 saturated heterocycles. The van der Waals surface area contributed by atoms with Crippen LogP contribution < -0.4 is 4.74 Å². The molecular weight excluding hydrogens is 170 g/mol. The van der Waals surface area contributed by atoms with Gasteiger partial charge in [-0.15, -0.1) is 0 Å². The minimum atomic E-state index is -0.456. The minimum Gasteiger partial charge on any atom is -0.497 e. The quantitative estimate of drug-likeness (QED) is 0.523. The molecule has 72 valence electrons. The molecule has 0 aromatic heterocycles. The predicted octanol–water partition coefficient (Wildman–Crippen LogP) is 2.63. The van der Waals surface area contributed by atoms with Gasteiger partial charge in [0.15, 0.2) is 0 Å². The van der Waals surface area contributed by atoms with Crippen LogP contribution in [0, 0.1) is 10.1 Å². The van der Waals surface area contributed by atoms with Crippen molar-refractivity contribution in [3.63, 3.8) is 0 Å². The van der Waals surface area contributed by atoms with E-state index in [0.717, 1.165) is 0 Å². The second kappa shape index (κ2) is 5.99. The fourth-order valence-corrected chi connectivity index (χ4v) is 0.724. The summed E-state index contributed by atoms with van der Waals surface area (Å²) in [5.74, 6) is 0.499. The first-order valence-electron chi connectivity index (χ1n) is 4.02. The van der Waals surface area contributed by atoms with Gasteiger partial charge in [-0.1, -0.05) is 19.9 Å². The zero-order chi connectivity index (χ0) is 10.3. The molecule has 0 aliphatic rings. The number of hydrogen-bond donors (Lipinski definition) is 0. The molecule has 0 aliphatic heterocycles. The Labute approximate surface area is 77.3 Å². The fourth-order valence-electron chi connectivity index (χ4n) is 0.724. The summed E-state index contributed by atoms with van der Waals surface area (Å²) in [6.07, 6.45) is 0. The van der Waals surface area contributed by atoms with Gasteiger partial charge in [0.05, 0.1) is 18.1 Å². The monoisotopic (exact) mass is 183 g/mol. The summed E-state index contributed by atoms with van der Waals surface area (Å²) in [5, 5.41) is 10.2. The summed E-state index contributed by atoms with van der Waals surface area (Å²) in [7, 11) is 1.47. The molecular formula is C9H13NO3. The Morgan fingerprint density at radius 3 is 2.46 bits per heavy atom. The van der Waals surface area contributed by atoms with Gasteiger partial charge in [-0.2, -0.15) is 0 Å². The maximum atomic E-state index is 10.2. The lowest BCUT2D eigenvalue weighted by Crippen LogP contribution is -1.88. The molecule has 0 radical (unpaired) electrons. The second-order valence-electron chi connectivity index (χ2n) is 1.96. The van der Waals surface area contributed by atoms with Crippen LogP contribution in [-0.4, -0.2) is 12.0 Å². The summed E-state index contributed by atoms with van der Waals surface area (Å²) in [6.45, 7) is 4.00. The first kappa shape index (κ1) is 11.4. The Kier molecular flexibility index (Phi) is 5.27. The number of non-ortho nitro benzene ring substituents is 1. The maximum Gasteiger partial charge on any atom is 0.273 e. The third-order valence-electron chi connectivity index (χ3n) is 1.26. The second-order valence-corrected chi connectivity index (χ2v) is 1.96. The highest BCUT2D eigenvalue weighted by Gasteiger charge is 2.04. The summed E-state index contributed by atoms with van der Waals surface area (Å²) >= 11 is 0. The summed E-state index contributed by atoms with van der Waals surface area (Å²) in [5.41, 5.74) is 0.0457. The van der Waals surface area contributed by atoms with E-state index in [1.54, 1.807) is 12.1 Å². The molecule has 1 aromatic rings. The molecule has 0 unspecified atom stereocenters. The average molecular weight is 183 g/mol. The zero-order valence-electron chi connectivity index (χ0n) is 7.98. The van der Waals surface area contributed by atoms with Crippen molar-refractivity contribution >= 4 is 5.69 Å². The van der Waals surface area contributed by atoms with E-state index >= 15 is 0 Å². The SMILES string of the molecule is CC.COc1cccc([N+](=O)[O-])c1. The van der Waals surface area contributed by atoms with Crippen molar-refractivity contribution in [2.75, 3.05) is 7.11 Å². The molecule has 4 nitrogen and oxygen atoms in total. The van der Waals surface area contributed by atoms with Crippen molar-refractivity contribution in [3.8, 4) is 5.75 Å². The number of nitrogens with zero attached hydrogens (tertiary/aromatic N) is 1. The number of nitro benzene ring substituents is 1. The van der Waals surface area contributed by atoms with Gasteiger partial charge in [0.2, 0.25) is 0 Å². The van der Waals surface area contributed by atoms with Crippen molar-refractivity contribution < 1.29 is 9.66 Å². The molecule has 0 atom stereocenters. The molecule has 0 heterocycles. The van der Waals surface area contributed by atoms with Crippen LogP contribution in [0.1, 0.15) is 13.8 Å². The number of ether oxygens (including phenoxy) is 1. The maximum absolute atomic E-state index is 10.2. The number of methoxy groups -OCH3 is 1. The third kappa shape index (κ3) is 3.55. The van der Waals surface area contributed by atoms with Crippen LogP contribution in [0.3, 0.4) is 0 Å². The van der Waals surface area contributed by atoms with Crippen molar-refractivity contribution in [2.45, 2.75) is 13.8 Å². The zero-order valence-corrected chi connectivity index (χ0v) is 7.98. The van der Waals surface area contributed by atoms with Crippen molar-refractivity contribution in [1.82, 2.24) is 0 Å². The van der Waals surface area contributed by atoms with Crippen LogP contribution in [0.5, 0.6) is 5.75 Å². The van der Waals surface area contributed by atoms with Crippen LogP contribution in [0.2, 0.25) is 0 Å². The van der Waals surface area contributed by atoms with E-state index in [4.69, 9.17) is 4.74 Å². The van der Waals surface area contributed by atoms with Crippen LogP contribution in [-0.2, 0) is 0 Å². The average Bonchev–Trinajstić information content (AvgIpc) is 2.21. The van der Waals surface area contributed by atoms with Gasteiger partial charge in [-0.3, -0.25) is 10.1 Å². The van der Waals surface area contributed by atoms with Crippen molar-refractivity contribution in [3.05, 3.63) is 34.4 Å². The summed E-state index contributed by atoms with van der Waals surface area (Å²) in [6, 6.07) is 6.03. The van der Waals surface area contributed by atoms with Crippen LogP contribution >= 0.6 is 0 Å². The van der Waals surface area contributed by atoms with Crippen LogP contribution in [0.15, 0.2) is 24.3 Å². The van der Waals surface area contributed by atoms with Crippen molar-refractivity contribution in [2.24, 2.45) is 0 Å². The van der Waals surface area contributed by atoms with Crippen LogP contribution in [0.4, 0.5) is 5.69 Å². The molecule has 4 heteroatoms. The molecule has 0 N–H and O–H groups in total. The molecule has 0 spiro atoms. The van der Waals surface area contributed by atoms with Gasteiger partial charge in [0.25, 0.3) is 5.69 Å². The lowest BCUT2D eigenvalue weighted by Gasteiger charge is -1.96. The van der Waals surface area contributed by atoms with Gasteiger partial charge in [0, 0.05) is 6.07 Å². The van der Waals surface area contributed by atoms with E-state index in [1.807, 2.05) is 13.8 Å². The van der Waals surface area contributed by atoms with Gasteiger partial charge < -0.3 is 4.74 Å². The molecule has 0 aliphatic carbocycles. The van der Waals surface area contributed by atoms with Gasteiger partial charge >= 0.3 is 0 Å². The lowest BCUT2D eigenvalue weighted by atomic mass is 10.3. The van der Waals surface area contributed by atoms with E-state index in [0.29, 0.717) is 5.75 Å². The summed E-state index contributed by atoms with van der Waals surface area (Å²) in [4.78, 5) is 9.76. The van der Waals surface area contributed by atoms with E-state index in [2.05, 4.69) is 0 Å². The third-order valence-corrected chi connectivity index (χ3v) is 1.26. The Balaban J connectivity index is 0.000000671. The van der Waals surface area contributed by atoms with E-state index in [9.17, 15) is 10.1 Å². The highest BCUT2D eigenvalue weighted by molar-refractivity contribution is 5.37. The van der Waals surface area contributed by atoms with E-state index in [-0.39, 0.29) is 5.69 Å².